The van der Waals surface area contributed by atoms with Gasteiger partial charge in [0, 0.05) is 24.7 Å². The van der Waals surface area contributed by atoms with Gasteiger partial charge in [0.2, 0.25) is 5.91 Å². The lowest BCUT2D eigenvalue weighted by Crippen LogP contribution is -2.35. The Kier molecular flexibility index (Phi) is 6.27. The molecular formula is C18H20F3NO2. The molecule has 1 atom stereocenters. The summed E-state index contributed by atoms with van der Waals surface area (Å²) in [6, 6.07) is 4.64. The van der Waals surface area contributed by atoms with Gasteiger partial charge in [-0.05, 0) is 43.0 Å². The third kappa shape index (κ3) is 5.27. The van der Waals surface area contributed by atoms with Crippen LogP contribution >= 0.6 is 0 Å². The second kappa shape index (κ2) is 8.20. The number of nitrogens with one attached hydrogen (secondary N) is 1. The SMILES string of the molecule is CC(C(=O)NCC#Cc1ccc(C(F)(F)F)cc1)C1CCOCC1. The zero-order valence-corrected chi connectivity index (χ0v) is 13.5. The molecule has 1 amide bonds. The van der Waals surface area contributed by atoms with E-state index in [9.17, 15) is 18.0 Å². The van der Waals surface area contributed by atoms with Crippen molar-refractivity contribution in [3.05, 3.63) is 35.4 Å². The minimum absolute atomic E-state index is 0.0522. The number of amides is 1. The number of benzene rings is 1. The number of hydrogen-bond acceptors (Lipinski definition) is 2. The zero-order valence-electron chi connectivity index (χ0n) is 13.5. The standard InChI is InChI=1S/C18H20F3NO2/c1-13(15-8-11-24-12-9-15)17(23)22-10-2-3-14-4-6-16(7-5-14)18(19,20)21/h4-7,13,15H,8-12H2,1H3,(H,22,23). The lowest BCUT2D eigenvalue weighted by molar-refractivity contribution is -0.137. The van der Waals surface area contributed by atoms with Crippen molar-refractivity contribution in [3.63, 3.8) is 0 Å². The lowest BCUT2D eigenvalue weighted by atomic mass is 9.87. The summed E-state index contributed by atoms with van der Waals surface area (Å²) in [5, 5.41) is 2.75. The number of carbonyl (C=O) groups excluding carboxylic acids is 1. The molecule has 0 radical (unpaired) electrons. The number of alkyl halides is 3. The number of ether oxygens (including phenoxy) is 1. The predicted molar refractivity (Wildman–Crippen MR) is 84.0 cm³/mol. The fourth-order valence-corrected chi connectivity index (χ4v) is 2.61. The Labute approximate surface area is 139 Å². The summed E-state index contributed by atoms with van der Waals surface area (Å²) in [4.78, 5) is 12.1. The molecule has 1 aromatic carbocycles. The van der Waals surface area contributed by atoms with Crippen LogP contribution in [0.4, 0.5) is 13.2 Å². The highest BCUT2D eigenvalue weighted by molar-refractivity contribution is 5.78. The van der Waals surface area contributed by atoms with Crippen LogP contribution in [0.25, 0.3) is 0 Å². The molecule has 0 spiro atoms. The highest BCUT2D eigenvalue weighted by atomic mass is 19.4. The molecule has 130 valence electrons. The van der Waals surface area contributed by atoms with Gasteiger partial charge in [-0.15, -0.1) is 0 Å². The zero-order chi connectivity index (χ0) is 17.6. The van der Waals surface area contributed by atoms with Gasteiger partial charge >= 0.3 is 6.18 Å². The minimum atomic E-state index is -4.35. The number of halogens is 3. The Hall–Kier alpha value is -2.00. The van der Waals surface area contributed by atoms with Crippen LogP contribution in [0, 0.1) is 23.7 Å². The molecule has 1 saturated heterocycles. The third-order valence-corrected chi connectivity index (χ3v) is 4.18. The molecule has 1 aromatic rings. The van der Waals surface area contributed by atoms with E-state index in [1.807, 2.05) is 6.92 Å². The first-order valence-electron chi connectivity index (χ1n) is 7.89. The second-order valence-corrected chi connectivity index (χ2v) is 5.83. The molecule has 1 aliphatic rings. The molecule has 0 saturated carbocycles. The van der Waals surface area contributed by atoms with Crippen LogP contribution in [0.5, 0.6) is 0 Å². The Morgan fingerprint density at radius 1 is 1.29 bits per heavy atom. The average molecular weight is 339 g/mol. The summed E-state index contributed by atoms with van der Waals surface area (Å²) in [6.45, 7) is 3.45. The van der Waals surface area contributed by atoms with Crippen molar-refractivity contribution in [1.29, 1.82) is 0 Å². The van der Waals surface area contributed by atoms with Crippen LogP contribution in [-0.4, -0.2) is 25.7 Å². The van der Waals surface area contributed by atoms with E-state index in [2.05, 4.69) is 17.2 Å². The highest BCUT2D eigenvalue weighted by Gasteiger charge is 2.29. The number of rotatable bonds is 3. The van der Waals surface area contributed by atoms with Crippen molar-refractivity contribution in [2.24, 2.45) is 11.8 Å². The molecule has 1 N–H and O–H groups in total. The minimum Gasteiger partial charge on any atom is -0.381 e. The molecule has 0 aliphatic carbocycles. The first-order valence-corrected chi connectivity index (χ1v) is 7.89. The van der Waals surface area contributed by atoms with Crippen molar-refractivity contribution < 1.29 is 22.7 Å². The topological polar surface area (TPSA) is 38.3 Å². The Bertz CT molecular complexity index is 608. The van der Waals surface area contributed by atoms with Crippen molar-refractivity contribution in [1.82, 2.24) is 5.32 Å². The maximum absolute atomic E-state index is 12.5. The number of hydrogen-bond donors (Lipinski definition) is 1. The number of carbonyl (C=O) groups is 1. The maximum atomic E-state index is 12.5. The van der Waals surface area contributed by atoms with Gasteiger partial charge in [-0.2, -0.15) is 13.2 Å². The van der Waals surface area contributed by atoms with E-state index in [1.54, 1.807) is 0 Å². The third-order valence-electron chi connectivity index (χ3n) is 4.18. The molecule has 1 heterocycles. The van der Waals surface area contributed by atoms with E-state index in [1.165, 1.54) is 12.1 Å². The first-order chi connectivity index (χ1) is 11.4. The molecule has 0 bridgehead atoms. The van der Waals surface area contributed by atoms with Gasteiger partial charge in [-0.1, -0.05) is 18.8 Å². The Morgan fingerprint density at radius 2 is 1.92 bits per heavy atom. The largest absolute Gasteiger partial charge is 0.416 e. The van der Waals surface area contributed by atoms with E-state index in [-0.39, 0.29) is 18.4 Å². The van der Waals surface area contributed by atoms with E-state index < -0.39 is 11.7 Å². The highest BCUT2D eigenvalue weighted by Crippen LogP contribution is 2.29. The van der Waals surface area contributed by atoms with Gasteiger partial charge in [-0.25, -0.2) is 0 Å². The first kappa shape index (κ1) is 18.3. The van der Waals surface area contributed by atoms with Crippen molar-refractivity contribution in [2.75, 3.05) is 19.8 Å². The van der Waals surface area contributed by atoms with Gasteiger partial charge < -0.3 is 10.1 Å². The van der Waals surface area contributed by atoms with Gasteiger partial charge in [0.25, 0.3) is 0 Å². The second-order valence-electron chi connectivity index (χ2n) is 5.83. The van der Waals surface area contributed by atoms with E-state index >= 15 is 0 Å². The molecule has 1 aliphatic heterocycles. The van der Waals surface area contributed by atoms with Crippen LogP contribution in [-0.2, 0) is 15.7 Å². The predicted octanol–water partition coefficient (Wildman–Crippen LogP) is 3.24. The van der Waals surface area contributed by atoms with Gasteiger partial charge in [0.1, 0.15) is 0 Å². The average Bonchev–Trinajstić information content (AvgIpc) is 2.58. The fraction of sp³-hybridized carbons (Fsp3) is 0.500. The Morgan fingerprint density at radius 3 is 2.50 bits per heavy atom. The maximum Gasteiger partial charge on any atom is 0.416 e. The van der Waals surface area contributed by atoms with Crippen LogP contribution < -0.4 is 5.32 Å². The van der Waals surface area contributed by atoms with Crippen LogP contribution in [0.1, 0.15) is 30.9 Å². The molecule has 1 fully saturated rings. The lowest BCUT2D eigenvalue weighted by Gasteiger charge is -2.26. The molecule has 6 heteroatoms. The van der Waals surface area contributed by atoms with Crippen molar-refractivity contribution in [2.45, 2.75) is 25.9 Å². The normalized spacial score (nSPS) is 16.8. The smallest absolute Gasteiger partial charge is 0.381 e. The molecular weight excluding hydrogens is 319 g/mol. The summed E-state index contributed by atoms with van der Waals surface area (Å²) in [6.07, 6.45) is -2.59. The van der Waals surface area contributed by atoms with Crippen molar-refractivity contribution >= 4 is 5.91 Å². The summed E-state index contributed by atoms with van der Waals surface area (Å²) < 4.78 is 42.6. The fourth-order valence-electron chi connectivity index (χ4n) is 2.61. The van der Waals surface area contributed by atoms with Gasteiger partial charge in [0.15, 0.2) is 0 Å². The van der Waals surface area contributed by atoms with Crippen LogP contribution in [0.3, 0.4) is 0 Å². The molecule has 2 rings (SSSR count). The van der Waals surface area contributed by atoms with E-state index in [4.69, 9.17) is 4.74 Å². The molecule has 24 heavy (non-hydrogen) atoms. The molecule has 3 nitrogen and oxygen atoms in total. The van der Waals surface area contributed by atoms with Crippen LogP contribution in [0.15, 0.2) is 24.3 Å². The Balaban J connectivity index is 1.81. The van der Waals surface area contributed by atoms with Gasteiger partial charge in [0.05, 0.1) is 12.1 Å². The van der Waals surface area contributed by atoms with Crippen LogP contribution in [0.2, 0.25) is 0 Å². The quantitative estimate of drug-likeness (QED) is 0.859. The molecule has 0 aromatic heterocycles. The van der Waals surface area contributed by atoms with Crippen molar-refractivity contribution in [3.8, 4) is 11.8 Å². The monoisotopic (exact) mass is 339 g/mol. The summed E-state index contributed by atoms with van der Waals surface area (Å²) in [7, 11) is 0. The summed E-state index contributed by atoms with van der Waals surface area (Å²) in [5.74, 6) is 5.68. The van der Waals surface area contributed by atoms with E-state index in [0.717, 1.165) is 25.0 Å². The van der Waals surface area contributed by atoms with Gasteiger partial charge in [-0.3, -0.25) is 4.79 Å². The summed E-state index contributed by atoms with van der Waals surface area (Å²) in [5.41, 5.74) is -0.221. The van der Waals surface area contributed by atoms with E-state index in [0.29, 0.717) is 24.7 Å². The summed E-state index contributed by atoms with van der Waals surface area (Å²) >= 11 is 0. The molecule has 1 unspecified atom stereocenters.